The van der Waals surface area contributed by atoms with Crippen LogP contribution in [0.1, 0.15) is 5.69 Å². The second-order valence-electron chi connectivity index (χ2n) is 8.09. The molecule has 0 unspecified atom stereocenters. The Morgan fingerprint density at radius 2 is 1.48 bits per heavy atom. The highest BCUT2D eigenvalue weighted by atomic mass is 127. The van der Waals surface area contributed by atoms with Crippen molar-refractivity contribution in [3.05, 3.63) is 25.6 Å². The Hall–Kier alpha value is -0.00623. The summed E-state index contributed by atoms with van der Waals surface area (Å²) in [6.45, 7) is 11.3. The van der Waals surface area contributed by atoms with Crippen LogP contribution >= 0.6 is 38.5 Å². The van der Waals surface area contributed by atoms with E-state index in [0.717, 1.165) is 0 Å². The molecule has 1 aromatic carbocycles. The van der Waals surface area contributed by atoms with E-state index in [1.807, 2.05) is 61.9 Å². The Kier molecular flexibility index (Phi) is 5.58. The summed E-state index contributed by atoms with van der Waals surface area (Å²) in [7, 11) is -4.62. The van der Waals surface area contributed by atoms with E-state index >= 15 is 0 Å². The summed E-state index contributed by atoms with van der Waals surface area (Å²) in [5, 5.41) is 1.15. The number of fused-ring (bicyclic) bond motifs is 1. The number of halogens is 6. The average Bonchev–Trinajstić information content (AvgIpc) is 2.36. The number of alkyl halides is 3. The first-order valence-electron chi connectivity index (χ1n) is 7.66. The SMILES string of the molecule is C[Si](C)(C)c1c(C(F)(F)F)nc2c([Si](C)(C)C)c(F)c(I)cc2c1Br. The summed E-state index contributed by atoms with van der Waals surface area (Å²) in [6, 6.07) is 1.59. The van der Waals surface area contributed by atoms with Crippen molar-refractivity contribution in [1.82, 2.24) is 4.98 Å². The lowest BCUT2D eigenvalue weighted by Gasteiger charge is -2.27. The molecular formula is C16H19BrF4INSi2. The van der Waals surface area contributed by atoms with Gasteiger partial charge >= 0.3 is 6.18 Å². The molecule has 0 spiro atoms. The summed E-state index contributed by atoms with van der Waals surface area (Å²) >= 11 is 5.30. The van der Waals surface area contributed by atoms with Crippen LogP contribution < -0.4 is 10.4 Å². The van der Waals surface area contributed by atoms with Crippen LogP contribution in [0.3, 0.4) is 0 Å². The second-order valence-corrected chi connectivity index (χ2v) is 20.0. The van der Waals surface area contributed by atoms with E-state index in [-0.39, 0.29) is 10.7 Å². The first kappa shape index (κ1) is 21.3. The highest BCUT2D eigenvalue weighted by Crippen LogP contribution is 2.35. The van der Waals surface area contributed by atoms with E-state index in [9.17, 15) is 17.6 Å². The molecule has 0 aliphatic rings. The second kappa shape index (κ2) is 6.55. The van der Waals surface area contributed by atoms with E-state index in [2.05, 4.69) is 20.9 Å². The maximum atomic E-state index is 14.8. The lowest BCUT2D eigenvalue weighted by Crippen LogP contribution is -2.46. The van der Waals surface area contributed by atoms with Gasteiger partial charge in [0, 0.05) is 18.6 Å². The fourth-order valence-corrected chi connectivity index (χ4v) is 9.39. The summed E-state index contributed by atoms with van der Waals surface area (Å²) in [5.41, 5.74) is -0.746. The highest BCUT2D eigenvalue weighted by molar-refractivity contribution is 14.1. The van der Waals surface area contributed by atoms with Crippen molar-refractivity contribution in [3.63, 3.8) is 0 Å². The van der Waals surface area contributed by atoms with Crippen LogP contribution in [0, 0.1) is 9.39 Å². The van der Waals surface area contributed by atoms with Crippen LogP contribution in [0.25, 0.3) is 10.9 Å². The molecule has 2 aromatic rings. The molecule has 0 N–H and O–H groups in total. The Balaban J connectivity index is 3.16. The lowest BCUT2D eigenvalue weighted by molar-refractivity contribution is -0.140. The molecule has 0 saturated heterocycles. The molecule has 25 heavy (non-hydrogen) atoms. The minimum absolute atomic E-state index is 0.137. The van der Waals surface area contributed by atoms with Gasteiger partial charge in [-0.1, -0.05) is 55.2 Å². The molecule has 0 aliphatic carbocycles. The molecule has 138 valence electrons. The number of hydrogen-bond donors (Lipinski definition) is 0. The molecule has 9 heteroatoms. The van der Waals surface area contributed by atoms with Gasteiger partial charge in [0.05, 0.1) is 21.7 Å². The van der Waals surface area contributed by atoms with Gasteiger partial charge in [-0.05, 0) is 33.8 Å². The number of rotatable bonds is 2. The molecule has 1 nitrogen and oxygen atoms in total. The number of nitrogens with zero attached hydrogens (tertiary/aromatic N) is 1. The summed E-state index contributed by atoms with van der Waals surface area (Å²) in [5.74, 6) is -0.444. The Morgan fingerprint density at radius 1 is 1.00 bits per heavy atom. The maximum Gasteiger partial charge on any atom is 0.433 e. The molecule has 0 aliphatic heterocycles. The van der Waals surface area contributed by atoms with Crippen molar-refractivity contribution in [2.45, 2.75) is 45.5 Å². The van der Waals surface area contributed by atoms with Gasteiger partial charge in [0.15, 0.2) is 0 Å². The molecule has 0 amide bonds. The van der Waals surface area contributed by atoms with Crippen molar-refractivity contribution in [2.24, 2.45) is 0 Å². The smallest absolute Gasteiger partial charge is 0.243 e. The van der Waals surface area contributed by atoms with Crippen LogP contribution in [-0.4, -0.2) is 21.1 Å². The van der Waals surface area contributed by atoms with Crippen molar-refractivity contribution in [3.8, 4) is 0 Å². The topological polar surface area (TPSA) is 12.9 Å². The predicted molar refractivity (Wildman–Crippen MR) is 113 cm³/mol. The summed E-state index contributed by atoms with van der Waals surface area (Å²) in [6.07, 6.45) is -4.58. The minimum Gasteiger partial charge on any atom is -0.243 e. The van der Waals surface area contributed by atoms with Gasteiger partial charge in [-0.2, -0.15) is 13.2 Å². The maximum absolute atomic E-state index is 14.8. The van der Waals surface area contributed by atoms with Crippen molar-refractivity contribution in [2.75, 3.05) is 0 Å². The zero-order valence-electron chi connectivity index (χ0n) is 14.8. The first-order chi connectivity index (χ1) is 11.1. The number of benzene rings is 1. The monoisotopic (exact) mass is 563 g/mol. The van der Waals surface area contributed by atoms with E-state index in [0.29, 0.717) is 18.6 Å². The molecule has 0 saturated carbocycles. The minimum atomic E-state index is -4.58. The third kappa shape index (κ3) is 3.98. The number of hydrogen-bond acceptors (Lipinski definition) is 1. The molecule has 0 bridgehead atoms. The van der Waals surface area contributed by atoms with Gasteiger partial charge in [0.2, 0.25) is 0 Å². The summed E-state index contributed by atoms with van der Waals surface area (Å²) in [4.78, 5) is 4.01. The van der Waals surface area contributed by atoms with Gasteiger partial charge in [0.25, 0.3) is 0 Å². The van der Waals surface area contributed by atoms with E-state index < -0.39 is 33.8 Å². The third-order valence-electron chi connectivity index (χ3n) is 3.88. The number of pyridine rings is 1. The summed E-state index contributed by atoms with van der Waals surface area (Å²) < 4.78 is 56.9. The van der Waals surface area contributed by atoms with E-state index in [1.54, 1.807) is 6.07 Å². The van der Waals surface area contributed by atoms with Crippen molar-refractivity contribution < 1.29 is 17.6 Å². The Morgan fingerprint density at radius 3 is 1.88 bits per heavy atom. The quantitative estimate of drug-likeness (QED) is 0.254. The Bertz CT molecular complexity index is 855. The normalized spacial score (nSPS) is 13.6. The lowest BCUT2D eigenvalue weighted by atomic mass is 10.2. The standard InChI is InChI=1S/C16H19BrF4INSi2/c1-24(2,3)13-10(17)8-7-9(22)11(18)14(25(4,5)6)12(8)23-15(13)16(19,20)21/h7H,1-6H3. The van der Waals surface area contributed by atoms with E-state index in [4.69, 9.17) is 0 Å². The van der Waals surface area contributed by atoms with Gasteiger partial charge in [0.1, 0.15) is 11.5 Å². The number of aromatic nitrogens is 1. The third-order valence-corrected chi connectivity index (χ3v) is 9.79. The highest BCUT2D eigenvalue weighted by Gasteiger charge is 2.41. The predicted octanol–water partition coefficient (Wildman–Crippen LogP) is 5.85. The van der Waals surface area contributed by atoms with Crippen molar-refractivity contribution in [1.29, 1.82) is 0 Å². The fraction of sp³-hybridized carbons (Fsp3) is 0.438. The van der Waals surface area contributed by atoms with E-state index in [1.165, 1.54) is 0 Å². The molecular weight excluding hydrogens is 545 g/mol. The van der Waals surface area contributed by atoms with Gasteiger partial charge in [-0.3, -0.25) is 0 Å². The molecule has 2 rings (SSSR count). The van der Waals surface area contributed by atoms with Crippen LogP contribution in [0.5, 0.6) is 0 Å². The average molecular weight is 564 g/mol. The van der Waals surface area contributed by atoms with Crippen LogP contribution in [0.2, 0.25) is 39.3 Å². The molecule has 0 radical (unpaired) electrons. The molecule has 1 heterocycles. The van der Waals surface area contributed by atoms with Gasteiger partial charge < -0.3 is 0 Å². The molecule has 0 fully saturated rings. The zero-order chi connectivity index (χ0) is 19.5. The van der Waals surface area contributed by atoms with Gasteiger partial charge in [-0.15, -0.1) is 0 Å². The fourth-order valence-electron chi connectivity index (χ4n) is 2.88. The van der Waals surface area contributed by atoms with Gasteiger partial charge in [-0.25, -0.2) is 9.37 Å². The largest absolute Gasteiger partial charge is 0.433 e. The molecule has 0 atom stereocenters. The van der Waals surface area contributed by atoms with Crippen LogP contribution in [0.15, 0.2) is 10.5 Å². The van der Waals surface area contributed by atoms with Crippen LogP contribution in [0.4, 0.5) is 17.6 Å². The molecule has 1 aromatic heterocycles. The zero-order valence-corrected chi connectivity index (χ0v) is 20.5. The Labute approximate surface area is 168 Å². The first-order valence-corrected chi connectivity index (χ1v) is 16.5. The van der Waals surface area contributed by atoms with Crippen LogP contribution in [-0.2, 0) is 6.18 Å². The van der Waals surface area contributed by atoms with Crippen molar-refractivity contribution >= 4 is 75.9 Å².